The first kappa shape index (κ1) is 8.00. The number of rotatable bonds is 1. The molecule has 2 heterocycles. The van der Waals surface area contributed by atoms with Crippen molar-refractivity contribution in [2.75, 3.05) is 0 Å². The van der Waals surface area contributed by atoms with Crippen molar-refractivity contribution >= 4 is 28.7 Å². The summed E-state index contributed by atoms with van der Waals surface area (Å²) < 4.78 is 0. The van der Waals surface area contributed by atoms with Gasteiger partial charge in [-0.3, -0.25) is 4.79 Å². The first-order valence-electron chi connectivity index (χ1n) is 3.47. The van der Waals surface area contributed by atoms with Gasteiger partial charge in [0.2, 0.25) is 0 Å². The quantitative estimate of drug-likeness (QED) is 0.705. The van der Waals surface area contributed by atoms with Crippen LogP contribution >= 0.6 is 11.6 Å². The molecule has 66 valence electrons. The molecule has 0 spiro atoms. The van der Waals surface area contributed by atoms with Crippen molar-refractivity contribution in [3.8, 4) is 0 Å². The van der Waals surface area contributed by atoms with Gasteiger partial charge in [-0.1, -0.05) is 11.6 Å². The second-order valence-electron chi connectivity index (χ2n) is 2.45. The maximum absolute atomic E-state index is 11.0. The number of aromatic nitrogens is 3. The van der Waals surface area contributed by atoms with Crippen LogP contribution in [0.3, 0.4) is 0 Å². The number of amides is 1. The summed E-state index contributed by atoms with van der Waals surface area (Å²) in [5, 5.41) is 0.226. The van der Waals surface area contributed by atoms with Gasteiger partial charge in [0, 0.05) is 6.20 Å². The van der Waals surface area contributed by atoms with E-state index in [9.17, 15) is 4.79 Å². The van der Waals surface area contributed by atoms with Gasteiger partial charge in [-0.15, -0.1) is 0 Å². The van der Waals surface area contributed by atoms with E-state index in [1.807, 2.05) is 0 Å². The third-order valence-corrected chi connectivity index (χ3v) is 1.94. The second-order valence-corrected chi connectivity index (χ2v) is 2.85. The lowest BCUT2D eigenvalue weighted by molar-refractivity contribution is 0.100. The van der Waals surface area contributed by atoms with Gasteiger partial charge < -0.3 is 10.7 Å². The Bertz CT molecular complexity index is 478. The summed E-state index contributed by atoms with van der Waals surface area (Å²) in [6.07, 6.45) is 2.78. The number of pyridine rings is 1. The van der Waals surface area contributed by atoms with Crippen LogP contribution in [0.25, 0.3) is 11.2 Å². The van der Waals surface area contributed by atoms with Gasteiger partial charge >= 0.3 is 0 Å². The molecule has 0 bridgehead atoms. The normalized spacial score (nSPS) is 10.5. The minimum absolute atomic E-state index is 0.226. The van der Waals surface area contributed by atoms with Crippen LogP contribution in [0.2, 0.25) is 5.02 Å². The molecular weight excluding hydrogens is 192 g/mol. The zero-order valence-corrected chi connectivity index (χ0v) is 7.17. The minimum atomic E-state index is -0.596. The molecule has 2 rings (SSSR count). The van der Waals surface area contributed by atoms with Crippen LogP contribution in [-0.4, -0.2) is 20.9 Å². The van der Waals surface area contributed by atoms with Crippen LogP contribution in [0.15, 0.2) is 12.5 Å². The Hall–Kier alpha value is -1.62. The molecule has 0 aliphatic carbocycles. The standard InChI is InChI=1S/C7H5ClN4O/c8-3-1-10-7-5(11-2-12-7)4(3)6(9)13/h1-2H,(H2,9,13)(H,10,11,12). The fourth-order valence-corrected chi connectivity index (χ4v) is 1.35. The van der Waals surface area contributed by atoms with E-state index in [1.165, 1.54) is 12.5 Å². The van der Waals surface area contributed by atoms with Crippen molar-refractivity contribution < 1.29 is 4.79 Å². The third kappa shape index (κ3) is 1.13. The number of halogens is 1. The Kier molecular flexibility index (Phi) is 1.66. The molecule has 0 aromatic carbocycles. The lowest BCUT2D eigenvalue weighted by Crippen LogP contribution is -2.12. The average Bonchev–Trinajstić information content (AvgIpc) is 2.50. The maximum Gasteiger partial charge on any atom is 0.252 e. The Balaban J connectivity index is 2.88. The van der Waals surface area contributed by atoms with Crippen molar-refractivity contribution in [2.24, 2.45) is 5.73 Å². The van der Waals surface area contributed by atoms with Crippen LogP contribution in [0.1, 0.15) is 10.4 Å². The fraction of sp³-hybridized carbons (Fsp3) is 0. The van der Waals surface area contributed by atoms with E-state index in [-0.39, 0.29) is 10.6 Å². The van der Waals surface area contributed by atoms with Gasteiger partial charge in [-0.05, 0) is 0 Å². The van der Waals surface area contributed by atoms with Gasteiger partial charge in [0.15, 0.2) is 5.65 Å². The molecule has 0 saturated heterocycles. The molecule has 0 aliphatic rings. The van der Waals surface area contributed by atoms with Crippen molar-refractivity contribution in [1.82, 2.24) is 15.0 Å². The molecule has 5 nitrogen and oxygen atoms in total. The number of nitrogens with one attached hydrogen (secondary N) is 1. The molecule has 13 heavy (non-hydrogen) atoms. The lowest BCUT2D eigenvalue weighted by Gasteiger charge is -1.98. The number of primary amides is 1. The highest BCUT2D eigenvalue weighted by molar-refractivity contribution is 6.35. The lowest BCUT2D eigenvalue weighted by atomic mass is 10.2. The number of carbonyl (C=O) groups is 1. The van der Waals surface area contributed by atoms with E-state index >= 15 is 0 Å². The molecule has 3 N–H and O–H groups in total. The number of nitrogens with zero attached hydrogens (tertiary/aromatic N) is 2. The summed E-state index contributed by atoms with van der Waals surface area (Å²) in [6, 6.07) is 0. The number of fused-ring (bicyclic) bond motifs is 1. The van der Waals surface area contributed by atoms with Crippen LogP contribution < -0.4 is 5.73 Å². The van der Waals surface area contributed by atoms with Gasteiger partial charge in [0.05, 0.1) is 22.4 Å². The van der Waals surface area contributed by atoms with Gasteiger partial charge in [-0.25, -0.2) is 9.97 Å². The highest BCUT2D eigenvalue weighted by atomic mass is 35.5. The van der Waals surface area contributed by atoms with Crippen LogP contribution in [0.4, 0.5) is 0 Å². The monoisotopic (exact) mass is 196 g/mol. The molecular formula is C7H5ClN4O. The number of H-pyrrole nitrogens is 1. The summed E-state index contributed by atoms with van der Waals surface area (Å²) in [4.78, 5) is 21.5. The Labute approximate surface area is 77.9 Å². The first-order chi connectivity index (χ1) is 6.20. The van der Waals surface area contributed by atoms with Crippen molar-refractivity contribution in [1.29, 1.82) is 0 Å². The number of aromatic amines is 1. The summed E-state index contributed by atoms with van der Waals surface area (Å²) in [5.41, 5.74) is 6.27. The largest absolute Gasteiger partial charge is 0.365 e. The molecule has 0 aliphatic heterocycles. The number of nitrogens with two attached hydrogens (primary N) is 1. The van der Waals surface area contributed by atoms with Crippen LogP contribution in [0.5, 0.6) is 0 Å². The highest BCUT2D eigenvalue weighted by Crippen LogP contribution is 2.20. The van der Waals surface area contributed by atoms with E-state index in [4.69, 9.17) is 17.3 Å². The predicted molar refractivity (Wildman–Crippen MR) is 47.4 cm³/mol. The maximum atomic E-state index is 11.0. The third-order valence-electron chi connectivity index (χ3n) is 1.65. The zero-order valence-electron chi connectivity index (χ0n) is 6.41. The Morgan fingerprint density at radius 3 is 3.00 bits per heavy atom. The Morgan fingerprint density at radius 2 is 2.31 bits per heavy atom. The summed E-state index contributed by atoms with van der Waals surface area (Å²) in [5.74, 6) is -0.596. The van der Waals surface area contributed by atoms with E-state index in [0.717, 1.165) is 0 Å². The average molecular weight is 197 g/mol. The summed E-state index contributed by atoms with van der Waals surface area (Å²) >= 11 is 5.74. The highest BCUT2D eigenvalue weighted by Gasteiger charge is 2.13. The minimum Gasteiger partial charge on any atom is -0.365 e. The van der Waals surface area contributed by atoms with E-state index in [0.29, 0.717) is 11.2 Å². The predicted octanol–water partition coefficient (Wildman–Crippen LogP) is 0.710. The molecule has 0 radical (unpaired) electrons. The molecule has 2 aromatic rings. The number of imidazole rings is 1. The number of hydrogen-bond donors (Lipinski definition) is 2. The topological polar surface area (TPSA) is 84.7 Å². The van der Waals surface area contributed by atoms with Gasteiger partial charge in [0.25, 0.3) is 5.91 Å². The zero-order chi connectivity index (χ0) is 9.42. The summed E-state index contributed by atoms with van der Waals surface area (Å²) in [6.45, 7) is 0. The van der Waals surface area contributed by atoms with Crippen LogP contribution in [-0.2, 0) is 0 Å². The Morgan fingerprint density at radius 1 is 1.54 bits per heavy atom. The van der Waals surface area contributed by atoms with Gasteiger partial charge in [0.1, 0.15) is 0 Å². The van der Waals surface area contributed by atoms with Crippen molar-refractivity contribution in [2.45, 2.75) is 0 Å². The van der Waals surface area contributed by atoms with Crippen molar-refractivity contribution in [3.63, 3.8) is 0 Å². The number of hydrogen-bond acceptors (Lipinski definition) is 3. The van der Waals surface area contributed by atoms with E-state index in [2.05, 4.69) is 15.0 Å². The molecule has 6 heteroatoms. The van der Waals surface area contributed by atoms with E-state index in [1.54, 1.807) is 0 Å². The summed E-state index contributed by atoms with van der Waals surface area (Å²) in [7, 11) is 0. The SMILES string of the molecule is NC(=O)c1c(Cl)cnc2nc[nH]c12. The second kappa shape index (κ2) is 2.70. The molecule has 2 aromatic heterocycles. The smallest absolute Gasteiger partial charge is 0.252 e. The molecule has 0 atom stereocenters. The fourth-order valence-electron chi connectivity index (χ4n) is 1.11. The van der Waals surface area contributed by atoms with Gasteiger partial charge in [-0.2, -0.15) is 0 Å². The molecule has 0 unspecified atom stereocenters. The number of carbonyl (C=O) groups excluding carboxylic acids is 1. The van der Waals surface area contributed by atoms with Crippen LogP contribution in [0, 0.1) is 0 Å². The van der Waals surface area contributed by atoms with E-state index < -0.39 is 5.91 Å². The first-order valence-corrected chi connectivity index (χ1v) is 3.85. The van der Waals surface area contributed by atoms with Crippen molar-refractivity contribution in [3.05, 3.63) is 23.1 Å². The molecule has 0 saturated carbocycles. The molecule has 0 fully saturated rings. The molecule has 1 amide bonds.